The van der Waals surface area contributed by atoms with Crippen LogP contribution >= 0.6 is 15.9 Å². The molecule has 1 fully saturated rings. The SMILES string of the molecule is [2H]C1([2H])OC(N)=N[C@]12c1cc(Br)ccc1C[C@]21CC[C@@H](OC)CC1. The van der Waals surface area contributed by atoms with Crippen molar-refractivity contribution in [2.75, 3.05) is 13.7 Å². The smallest absolute Gasteiger partial charge is 0.283 e. The number of hydrogen-bond acceptors (Lipinski definition) is 4. The Hall–Kier alpha value is -1.07. The summed E-state index contributed by atoms with van der Waals surface area (Å²) in [6, 6.07) is 6.00. The number of nitrogens with zero attached hydrogens (tertiary/aromatic N) is 1. The van der Waals surface area contributed by atoms with Crippen LogP contribution in [0.3, 0.4) is 0 Å². The number of rotatable bonds is 1. The summed E-state index contributed by atoms with van der Waals surface area (Å²) in [5.74, 6) is 0. The molecule has 3 aliphatic rings. The summed E-state index contributed by atoms with van der Waals surface area (Å²) in [6.07, 6.45) is 4.52. The summed E-state index contributed by atoms with van der Waals surface area (Å²) < 4.78 is 29.1. The quantitative estimate of drug-likeness (QED) is 0.830. The molecule has 0 bridgehead atoms. The van der Waals surface area contributed by atoms with Crippen molar-refractivity contribution in [3.8, 4) is 0 Å². The number of methoxy groups -OCH3 is 1. The van der Waals surface area contributed by atoms with Gasteiger partial charge in [0, 0.05) is 17.0 Å². The molecule has 1 heterocycles. The maximum atomic E-state index is 8.62. The molecule has 1 atom stereocenters. The lowest BCUT2D eigenvalue weighted by Gasteiger charge is -2.45. The highest BCUT2D eigenvalue weighted by molar-refractivity contribution is 9.10. The van der Waals surface area contributed by atoms with Crippen LogP contribution in [-0.4, -0.2) is 25.8 Å². The van der Waals surface area contributed by atoms with Crippen LogP contribution in [0.1, 0.15) is 39.6 Å². The lowest BCUT2D eigenvalue weighted by atomic mass is 9.62. The first-order chi connectivity index (χ1) is 11.3. The van der Waals surface area contributed by atoms with Crippen LogP contribution in [0.2, 0.25) is 0 Å². The summed E-state index contributed by atoms with van der Waals surface area (Å²) in [6.45, 7) is -1.96. The fraction of sp³-hybridized carbons (Fsp3) is 0.588. The van der Waals surface area contributed by atoms with Gasteiger partial charge in [0.05, 0.1) is 8.85 Å². The summed E-state index contributed by atoms with van der Waals surface area (Å²) in [5, 5.41) is 0. The van der Waals surface area contributed by atoms with E-state index in [1.807, 2.05) is 12.1 Å². The van der Waals surface area contributed by atoms with E-state index >= 15 is 0 Å². The monoisotopic (exact) mass is 366 g/mol. The Balaban J connectivity index is 1.90. The third-order valence-corrected chi connectivity index (χ3v) is 6.06. The van der Waals surface area contributed by atoms with E-state index in [4.69, 9.17) is 17.9 Å². The van der Waals surface area contributed by atoms with Gasteiger partial charge < -0.3 is 15.2 Å². The zero-order valence-electron chi connectivity index (χ0n) is 14.6. The van der Waals surface area contributed by atoms with Gasteiger partial charge in [-0.05, 0) is 55.4 Å². The van der Waals surface area contributed by atoms with Crippen LogP contribution in [0, 0.1) is 5.41 Å². The van der Waals surface area contributed by atoms with Gasteiger partial charge in [-0.2, -0.15) is 0 Å². The van der Waals surface area contributed by atoms with Gasteiger partial charge >= 0.3 is 0 Å². The number of hydrogen-bond donors (Lipinski definition) is 1. The zero-order chi connectivity index (χ0) is 17.2. The van der Waals surface area contributed by atoms with Crippen LogP contribution in [-0.2, 0) is 21.4 Å². The Morgan fingerprint density at radius 3 is 2.86 bits per heavy atom. The van der Waals surface area contributed by atoms with Crippen molar-refractivity contribution in [3.05, 3.63) is 33.8 Å². The Bertz CT molecular complexity index is 717. The second-order valence-corrected chi connectivity index (χ2v) is 7.47. The van der Waals surface area contributed by atoms with E-state index in [2.05, 4.69) is 27.0 Å². The second-order valence-electron chi connectivity index (χ2n) is 6.56. The van der Waals surface area contributed by atoms with Crippen LogP contribution in [0.25, 0.3) is 0 Å². The first kappa shape index (κ1) is 12.4. The average Bonchev–Trinajstić information content (AvgIpc) is 2.93. The summed E-state index contributed by atoms with van der Waals surface area (Å²) in [4.78, 5) is 4.62. The Kier molecular flexibility index (Phi) is 2.79. The number of benzene rings is 1. The highest BCUT2D eigenvalue weighted by Gasteiger charge is 2.61. The summed E-state index contributed by atoms with van der Waals surface area (Å²) in [7, 11) is 1.74. The van der Waals surface area contributed by atoms with Crippen molar-refractivity contribution in [1.29, 1.82) is 0 Å². The molecule has 2 N–H and O–H groups in total. The van der Waals surface area contributed by atoms with Crippen molar-refractivity contribution >= 4 is 22.0 Å². The lowest BCUT2D eigenvalue weighted by molar-refractivity contribution is -0.00984. The molecule has 5 heteroatoms. The molecule has 22 heavy (non-hydrogen) atoms. The van der Waals surface area contributed by atoms with E-state index < -0.39 is 12.1 Å². The number of halogens is 1. The molecule has 0 radical (unpaired) electrons. The van der Waals surface area contributed by atoms with Gasteiger partial charge in [0.15, 0.2) is 0 Å². The molecule has 0 unspecified atom stereocenters. The van der Waals surface area contributed by atoms with E-state index in [0.29, 0.717) is 0 Å². The Labute approximate surface area is 142 Å². The number of aliphatic imine (C=N–C) groups is 1. The van der Waals surface area contributed by atoms with Crippen molar-refractivity contribution < 1.29 is 12.2 Å². The van der Waals surface area contributed by atoms with E-state index in [1.165, 1.54) is 0 Å². The van der Waals surface area contributed by atoms with Gasteiger partial charge in [-0.3, -0.25) is 0 Å². The maximum absolute atomic E-state index is 8.62. The summed E-state index contributed by atoms with van der Waals surface area (Å²) >= 11 is 3.52. The van der Waals surface area contributed by atoms with Crippen LogP contribution in [0.15, 0.2) is 27.7 Å². The topological polar surface area (TPSA) is 56.8 Å². The molecule has 1 aromatic rings. The minimum absolute atomic E-state index is 0.0546. The molecule has 118 valence electrons. The molecular formula is C17H21BrN2O2. The van der Waals surface area contributed by atoms with Gasteiger partial charge in [0.25, 0.3) is 6.02 Å². The average molecular weight is 367 g/mol. The highest BCUT2D eigenvalue weighted by atomic mass is 79.9. The normalized spacial score (nSPS) is 40.1. The zero-order valence-corrected chi connectivity index (χ0v) is 14.1. The number of fused-ring (bicyclic) bond motifs is 3. The standard InChI is InChI=1S/C17H21BrN2O2/c1-21-13-4-6-16(7-5-13)9-11-2-3-12(18)8-14(11)17(16)10-22-15(19)20-17/h2-3,8,13H,4-7,9-10H2,1H3,(H2,19,20)/t13-,16-,17-/m0/s1/i10D2. The second kappa shape index (κ2) is 4.96. The van der Waals surface area contributed by atoms with Crippen molar-refractivity contribution in [3.63, 3.8) is 0 Å². The molecule has 0 amide bonds. The number of nitrogens with two attached hydrogens (primary N) is 1. The third kappa shape index (κ3) is 1.88. The minimum atomic E-state index is -1.96. The Morgan fingerprint density at radius 2 is 2.23 bits per heavy atom. The van der Waals surface area contributed by atoms with E-state index in [9.17, 15) is 0 Å². The van der Waals surface area contributed by atoms with Gasteiger partial charge in [-0.15, -0.1) is 0 Å². The van der Waals surface area contributed by atoms with E-state index in [1.54, 1.807) is 7.11 Å². The number of amidine groups is 1. The predicted molar refractivity (Wildman–Crippen MR) is 88.8 cm³/mol. The molecule has 2 aliphatic carbocycles. The van der Waals surface area contributed by atoms with Crippen molar-refractivity contribution in [2.45, 2.75) is 43.7 Å². The van der Waals surface area contributed by atoms with Gasteiger partial charge in [0.2, 0.25) is 0 Å². The Morgan fingerprint density at radius 1 is 1.45 bits per heavy atom. The maximum Gasteiger partial charge on any atom is 0.283 e. The van der Waals surface area contributed by atoms with E-state index in [0.717, 1.165) is 47.7 Å². The number of ether oxygens (including phenoxy) is 2. The molecule has 1 saturated carbocycles. The molecule has 1 aliphatic heterocycles. The molecular weight excluding hydrogens is 344 g/mol. The molecule has 0 saturated heterocycles. The molecule has 4 rings (SSSR count). The van der Waals surface area contributed by atoms with Crippen LogP contribution in [0.5, 0.6) is 0 Å². The van der Waals surface area contributed by atoms with Gasteiger partial charge in [0.1, 0.15) is 12.1 Å². The highest BCUT2D eigenvalue weighted by Crippen LogP contribution is 2.61. The van der Waals surface area contributed by atoms with Gasteiger partial charge in [-0.25, -0.2) is 4.99 Å². The fourth-order valence-corrected chi connectivity index (χ4v) is 4.78. The third-order valence-electron chi connectivity index (χ3n) is 5.56. The molecule has 1 aromatic carbocycles. The first-order valence-corrected chi connectivity index (χ1v) is 8.49. The van der Waals surface area contributed by atoms with Crippen molar-refractivity contribution in [1.82, 2.24) is 0 Å². The molecule has 4 nitrogen and oxygen atoms in total. The minimum Gasteiger partial charge on any atom is -0.462 e. The van der Waals surface area contributed by atoms with E-state index in [-0.39, 0.29) is 17.5 Å². The first-order valence-electron chi connectivity index (χ1n) is 8.70. The molecule has 0 aromatic heterocycles. The van der Waals surface area contributed by atoms with Crippen molar-refractivity contribution in [2.24, 2.45) is 16.1 Å². The van der Waals surface area contributed by atoms with Crippen LogP contribution < -0.4 is 5.73 Å². The fourth-order valence-electron chi connectivity index (χ4n) is 4.42. The van der Waals surface area contributed by atoms with Gasteiger partial charge in [-0.1, -0.05) is 22.0 Å². The largest absolute Gasteiger partial charge is 0.462 e. The van der Waals surface area contributed by atoms with Crippen LogP contribution in [0.4, 0.5) is 0 Å². The molecule has 2 spiro atoms. The lowest BCUT2D eigenvalue weighted by Crippen LogP contribution is -2.46. The summed E-state index contributed by atoms with van der Waals surface area (Å²) in [5.41, 5.74) is 6.49. The predicted octanol–water partition coefficient (Wildman–Crippen LogP) is 3.12.